The maximum atomic E-state index is 9.83. The summed E-state index contributed by atoms with van der Waals surface area (Å²) in [5.41, 5.74) is 1.21. The van der Waals surface area contributed by atoms with Gasteiger partial charge in [-0.15, -0.1) is 0 Å². The highest BCUT2D eigenvalue weighted by Crippen LogP contribution is 2.11. The fraction of sp³-hybridized carbons (Fsp3) is 0.333. The number of rotatable bonds is 9. The van der Waals surface area contributed by atoms with Gasteiger partial charge in [0.2, 0.25) is 0 Å². The van der Waals surface area contributed by atoms with Crippen molar-refractivity contribution in [2.45, 2.75) is 13.0 Å². The summed E-state index contributed by atoms with van der Waals surface area (Å²) >= 11 is 0. The molecule has 2 aromatic rings. The van der Waals surface area contributed by atoms with E-state index >= 15 is 0 Å². The lowest BCUT2D eigenvalue weighted by Gasteiger charge is -2.13. The van der Waals surface area contributed by atoms with Gasteiger partial charge in [0.05, 0.1) is 0 Å². The first-order valence-corrected chi connectivity index (χ1v) is 7.50. The minimum atomic E-state index is -0.542. The van der Waals surface area contributed by atoms with Crippen LogP contribution in [0.3, 0.4) is 0 Å². The predicted octanol–water partition coefficient (Wildman–Crippen LogP) is 2.40. The molecule has 0 aliphatic heterocycles. The van der Waals surface area contributed by atoms with Gasteiger partial charge in [-0.25, -0.2) is 0 Å². The smallest absolute Gasteiger partial charge is 0.119 e. The summed E-state index contributed by atoms with van der Waals surface area (Å²) in [6.07, 6.45) is -0.542. The van der Waals surface area contributed by atoms with Crippen molar-refractivity contribution in [2.75, 3.05) is 26.3 Å². The molecule has 0 aliphatic carbocycles. The van der Waals surface area contributed by atoms with Crippen molar-refractivity contribution in [1.29, 1.82) is 0 Å². The molecule has 2 aromatic carbocycles. The summed E-state index contributed by atoms with van der Waals surface area (Å²) < 4.78 is 11.1. The Morgan fingerprint density at radius 1 is 0.955 bits per heavy atom. The van der Waals surface area contributed by atoms with Crippen molar-refractivity contribution >= 4 is 0 Å². The normalized spacial score (nSPS) is 11.9. The molecule has 2 rings (SSSR count). The highest BCUT2D eigenvalue weighted by molar-refractivity contribution is 5.26. The number of hydrogen-bond acceptors (Lipinski definition) is 4. The number of aliphatic hydroxyl groups is 1. The third-order valence-electron chi connectivity index (χ3n) is 3.13. The fourth-order valence-electron chi connectivity index (χ4n) is 1.91. The lowest BCUT2D eigenvalue weighted by Crippen LogP contribution is -2.33. The van der Waals surface area contributed by atoms with Crippen molar-refractivity contribution in [3.63, 3.8) is 0 Å². The molecule has 22 heavy (non-hydrogen) atoms. The Labute approximate surface area is 131 Å². The molecule has 118 valence electrons. The van der Waals surface area contributed by atoms with E-state index in [0.29, 0.717) is 19.7 Å². The molecule has 0 amide bonds. The second-order valence-electron chi connectivity index (χ2n) is 5.14. The summed E-state index contributed by atoms with van der Waals surface area (Å²) in [7, 11) is 0. The zero-order chi connectivity index (χ0) is 15.6. The molecule has 0 heterocycles. The predicted molar refractivity (Wildman–Crippen MR) is 87.5 cm³/mol. The third-order valence-corrected chi connectivity index (χ3v) is 3.13. The minimum absolute atomic E-state index is 0.274. The van der Waals surface area contributed by atoms with Gasteiger partial charge in [0.15, 0.2) is 0 Å². The van der Waals surface area contributed by atoms with Crippen LogP contribution >= 0.6 is 0 Å². The van der Waals surface area contributed by atoms with Gasteiger partial charge in [-0.05, 0) is 31.2 Å². The zero-order valence-electron chi connectivity index (χ0n) is 12.9. The summed E-state index contributed by atoms with van der Waals surface area (Å²) in [6.45, 7) is 4.04. The van der Waals surface area contributed by atoms with E-state index in [2.05, 4.69) is 5.32 Å². The van der Waals surface area contributed by atoms with E-state index in [0.717, 1.165) is 11.5 Å². The number of ether oxygens (including phenoxy) is 2. The van der Waals surface area contributed by atoms with Gasteiger partial charge in [-0.1, -0.05) is 35.9 Å². The second kappa shape index (κ2) is 9.07. The summed E-state index contributed by atoms with van der Waals surface area (Å²) in [5, 5.41) is 13.0. The van der Waals surface area contributed by atoms with Crippen LogP contribution in [-0.2, 0) is 0 Å². The van der Waals surface area contributed by atoms with Crippen LogP contribution in [0.2, 0.25) is 0 Å². The van der Waals surface area contributed by atoms with Gasteiger partial charge in [-0.3, -0.25) is 0 Å². The molecule has 0 saturated heterocycles. The summed E-state index contributed by atoms with van der Waals surface area (Å²) in [6, 6.07) is 17.4. The lowest BCUT2D eigenvalue weighted by atomic mass is 10.2. The van der Waals surface area contributed by atoms with Gasteiger partial charge < -0.3 is 19.9 Å². The molecule has 2 N–H and O–H groups in total. The Hall–Kier alpha value is -2.04. The molecule has 0 saturated carbocycles. The molecule has 4 nitrogen and oxygen atoms in total. The molecule has 1 atom stereocenters. The van der Waals surface area contributed by atoms with E-state index in [4.69, 9.17) is 9.47 Å². The minimum Gasteiger partial charge on any atom is -0.492 e. The first-order chi connectivity index (χ1) is 10.7. The highest BCUT2D eigenvalue weighted by atomic mass is 16.5. The first-order valence-electron chi connectivity index (χ1n) is 7.50. The molecule has 0 aromatic heterocycles. The van der Waals surface area contributed by atoms with Gasteiger partial charge in [-0.2, -0.15) is 0 Å². The van der Waals surface area contributed by atoms with Crippen LogP contribution in [0.5, 0.6) is 11.5 Å². The number of aliphatic hydroxyl groups excluding tert-OH is 1. The summed E-state index contributed by atoms with van der Waals surface area (Å²) in [4.78, 5) is 0. The summed E-state index contributed by atoms with van der Waals surface area (Å²) in [5.74, 6) is 1.63. The highest BCUT2D eigenvalue weighted by Gasteiger charge is 2.04. The lowest BCUT2D eigenvalue weighted by molar-refractivity contribution is 0.105. The average molecular weight is 301 g/mol. The Bertz CT molecular complexity index is 528. The van der Waals surface area contributed by atoms with Crippen LogP contribution < -0.4 is 14.8 Å². The standard InChI is InChI=1S/C18H23NO3/c1-15-7-9-18(10-8-15)21-12-11-19-13-16(20)14-22-17-5-3-2-4-6-17/h2-10,16,19-20H,11-14H2,1H3/t16-/m0/s1. The molecule has 0 bridgehead atoms. The fourth-order valence-corrected chi connectivity index (χ4v) is 1.91. The number of nitrogens with one attached hydrogen (secondary N) is 1. The molecule has 4 heteroatoms. The Kier molecular flexibility index (Phi) is 6.74. The maximum Gasteiger partial charge on any atom is 0.119 e. The van der Waals surface area contributed by atoms with E-state index in [1.165, 1.54) is 5.56 Å². The Balaban J connectivity index is 1.53. The van der Waals surface area contributed by atoms with E-state index in [-0.39, 0.29) is 6.61 Å². The van der Waals surface area contributed by atoms with Crippen molar-refractivity contribution in [3.05, 3.63) is 60.2 Å². The van der Waals surface area contributed by atoms with Crippen LogP contribution in [0, 0.1) is 6.92 Å². The number of para-hydroxylation sites is 1. The number of aryl methyl sites for hydroxylation is 1. The SMILES string of the molecule is Cc1ccc(OCCNC[C@H](O)COc2ccccc2)cc1. The van der Waals surface area contributed by atoms with Crippen LogP contribution in [0.15, 0.2) is 54.6 Å². The average Bonchev–Trinajstić information content (AvgIpc) is 2.55. The van der Waals surface area contributed by atoms with Gasteiger partial charge in [0.1, 0.15) is 30.8 Å². The largest absolute Gasteiger partial charge is 0.492 e. The van der Waals surface area contributed by atoms with Crippen molar-refractivity contribution in [1.82, 2.24) is 5.32 Å². The number of hydrogen-bond donors (Lipinski definition) is 2. The maximum absolute atomic E-state index is 9.83. The molecule has 0 unspecified atom stereocenters. The van der Waals surface area contributed by atoms with Crippen LogP contribution in [0.1, 0.15) is 5.56 Å². The Morgan fingerprint density at radius 2 is 1.64 bits per heavy atom. The van der Waals surface area contributed by atoms with Crippen LogP contribution in [-0.4, -0.2) is 37.5 Å². The van der Waals surface area contributed by atoms with Crippen LogP contribution in [0.4, 0.5) is 0 Å². The monoisotopic (exact) mass is 301 g/mol. The molecule has 0 fully saturated rings. The van der Waals surface area contributed by atoms with E-state index < -0.39 is 6.10 Å². The molecule has 0 radical (unpaired) electrons. The molecule has 0 spiro atoms. The molecular weight excluding hydrogens is 278 g/mol. The van der Waals surface area contributed by atoms with Crippen molar-refractivity contribution in [2.24, 2.45) is 0 Å². The van der Waals surface area contributed by atoms with Crippen LogP contribution in [0.25, 0.3) is 0 Å². The van der Waals surface area contributed by atoms with E-state index in [9.17, 15) is 5.11 Å². The number of benzene rings is 2. The third kappa shape index (κ3) is 6.16. The van der Waals surface area contributed by atoms with E-state index in [1.54, 1.807) is 0 Å². The van der Waals surface area contributed by atoms with E-state index in [1.807, 2.05) is 61.5 Å². The van der Waals surface area contributed by atoms with Gasteiger partial charge >= 0.3 is 0 Å². The molecule has 0 aliphatic rings. The topological polar surface area (TPSA) is 50.7 Å². The van der Waals surface area contributed by atoms with Crippen molar-refractivity contribution < 1.29 is 14.6 Å². The first kappa shape index (κ1) is 16.3. The zero-order valence-corrected chi connectivity index (χ0v) is 12.9. The van der Waals surface area contributed by atoms with Gasteiger partial charge in [0, 0.05) is 13.1 Å². The Morgan fingerprint density at radius 3 is 2.36 bits per heavy atom. The quantitative estimate of drug-likeness (QED) is 0.698. The van der Waals surface area contributed by atoms with Gasteiger partial charge in [0.25, 0.3) is 0 Å². The second-order valence-corrected chi connectivity index (χ2v) is 5.14. The molecular formula is C18H23NO3. The van der Waals surface area contributed by atoms with Crippen molar-refractivity contribution in [3.8, 4) is 11.5 Å².